The number of aliphatic imine (C=N–C) groups is 1. The van der Waals surface area contributed by atoms with Crippen LogP contribution in [0.2, 0.25) is 25.2 Å². The second-order valence-electron chi connectivity index (χ2n) is 14.3. The first-order valence-corrected chi connectivity index (χ1v) is 26.3. The Morgan fingerprint density at radius 3 is 1.42 bits per heavy atom. The van der Waals surface area contributed by atoms with Gasteiger partial charge in [-0.05, 0) is 65.7 Å². The van der Waals surface area contributed by atoms with Gasteiger partial charge in [-0.15, -0.1) is 0 Å². The van der Waals surface area contributed by atoms with E-state index in [4.69, 9.17) is 32.3 Å². The molecule has 0 radical (unpaired) electrons. The molecule has 0 aliphatic rings. The van der Waals surface area contributed by atoms with Crippen molar-refractivity contribution >= 4 is 41.2 Å². The maximum Gasteiger partial charge on any atom is 0.407 e. The van der Waals surface area contributed by atoms with Crippen molar-refractivity contribution in [3.05, 3.63) is 24.3 Å². The fraction of sp³-hybridized carbons (Fsp3) is 0.814. The molecule has 348 valence electrons. The topological polar surface area (TPSA) is 178 Å². The fourth-order valence-electron chi connectivity index (χ4n) is 5.35. The Morgan fingerprint density at radius 2 is 1.02 bits per heavy atom. The van der Waals surface area contributed by atoms with Gasteiger partial charge in [0, 0.05) is 45.1 Å². The van der Waals surface area contributed by atoms with Crippen LogP contribution in [0.4, 0.5) is 4.79 Å². The molecule has 0 fully saturated rings. The molecule has 0 bridgehead atoms. The molecule has 16 heteroatoms. The van der Waals surface area contributed by atoms with E-state index in [-0.39, 0.29) is 33.9 Å². The van der Waals surface area contributed by atoms with Gasteiger partial charge in [-0.25, -0.2) is 24.2 Å². The number of amides is 1. The zero-order valence-electron chi connectivity index (χ0n) is 37.7. The van der Waals surface area contributed by atoms with Gasteiger partial charge in [0.25, 0.3) is 0 Å². The maximum atomic E-state index is 11.5. The molecule has 2 N–H and O–H groups in total. The number of aliphatic hydroxyl groups excluding tert-OH is 1. The van der Waals surface area contributed by atoms with Crippen molar-refractivity contribution in [3.8, 4) is 0 Å². The number of nitrogens with one attached hydrogen (secondary N) is 1. The largest absolute Gasteiger partial charge is 0.460 e. The smallest absolute Gasteiger partial charge is 0.407 e. The van der Waals surface area contributed by atoms with Crippen LogP contribution in [-0.4, -0.2) is 113 Å². The van der Waals surface area contributed by atoms with E-state index >= 15 is 0 Å². The molecule has 0 aromatic heterocycles. The highest BCUT2D eigenvalue weighted by Gasteiger charge is 2.29. The highest BCUT2D eigenvalue weighted by atomic mass is 28.4. The number of carbonyl (C=O) groups is 3. The minimum atomic E-state index is -1.89. The quantitative estimate of drug-likeness (QED) is 0.0117. The Bertz CT molecular complexity index is 1100. The number of alkyl carbamates (subject to hydrolysis) is 1. The van der Waals surface area contributed by atoms with Gasteiger partial charge in [0.15, 0.2) is 0 Å². The summed E-state index contributed by atoms with van der Waals surface area (Å²) in [7, 11) is -0.289. The number of esters is 2. The monoisotopic (exact) mass is 879 g/mol. The first kappa shape index (κ1) is 62.9. The van der Waals surface area contributed by atoms with Crippen molar-refractivity contribution < 1.29 is 56.2 Å². The van der Waals surface area contributed by atoms with Gasteiger partial charge in [0.05, 0.1) is 13.2 Å². The lowest BCUT2D eigenvalue weighted by molar-refractivity contribution is -0.140. The van der Waals surface area contributed by atoms with Crippen LogP contribution < -0.4 is 5.32 Å². The minimum Gasteiger partial charge on any atom is -0.460 e. The number of nitrogens with zero attached hydrogens (tertiary/aromatic N) is 1. The third-order valence-electron chi connectivity index (χ3n) is 8.88. The van der Waals surface area contributed by atoms with E-state index in [9.17, 15) is 19.2 Å². The molecule has 0 aliphatic heterocycles. The average molecular weight is 879 g/mol. The van der Waals surface area contributed by atoms with Crippen LogP contribution in [0.5, 0.6) is 0 Å². The van der Waals surface area contributed by atoms with E-state index in [1.54, 1.807) is 34.1 Å². The predicted molar refractivity (Wildman–Crippen MR) is 242 cm³/mol. The average Bonchev–Trinajstić information content (AvgIpc) is 3.20. The Kier molecular flexibility index (Phi) is 47.8. The Balaban J connectivity index is -0.000000428. The summed E-state index contributed by atoms with van der Waals surface area (Å²) in [5.74, 6) is -0.932. The molecule has 0 atom stereocenters. The molecular formula is C43H86N2O12Si2. The Labute approximate surface area is 361 Å². The summed E-state index contributed by atoms with van der Waals surface area (Å²) >= 11 is 0. The van der Waals surface area contributed by atoms with Gasteiger partial charge >= 0.3 is 35.2 Å². The van der Waals surface area contributed by atoms with E-state index < -0.39 is 35.2 Å². The first-order valence-electron chi connectivity index (χ1n) is 21.3. The number of ether oxygens (including phenoxy) is 3. The third-order valence-corrected chi connectivity index (χ3v) is 14.9. The van der Waals surface area contributed by atoms with Crippen LogP contribution in [0.15, 0.2) is 29.3 Å². The molecule has 0 saturated heterocycles. The number of carbonyl (C=O) groups excluding carboxylic acids is 4. The van der Waals surface area contributed by atoms with Crippen molar-refractivity contribution in [2.45, 2.75) is 163 Å². The van der Waals surface area contributed by atoms with E-state index in [1.165, 1.54) is 83.5 Å². The summed E-state index contributed by atoms with van der Waals surface area (Å²) < 4.78 is 36.9. The number of isocyanates is 1. The molecular weight excluding hydrogens is 793 g/mol. The van der Waals surface area contributed by atoms with Crippen molar-refractivity contribution in [3.63, 3.8) is 0 Å². The minimum absolute atomic E-state index is 0. The van der Waals surface area contributed by atoms with Gasteiger partial charge in [-0.2, -0.15) is 0 Å². The van der Waals surface area contributed by atoms with Crippen LogP contribution in [0.3, 0.4) is 0 Å². The number of unbranched alkanes of at least 4 members (excludes halogenated alkanes) is 14. The SMILES string of the molecule is C.C=C(C)C(=O)OCCO.C=C(C)C(=O)OCCOC(=O)NCCCCCCCCCC[Si](C)(OC)OC.CCO[Si](C)(CCCCCCCCCCN=C=O)OCC. The van der Waals surface area contributed by atoms with Gasteiger partial charge in [-0.3, -0.25) is 0 Å². The predicted octanol–water partition coefficient (Wildman–Crippen LogP) is 9.64. The highest BCUT2D eigenvalue weighted by molar-refractivity contribution is 6.66. The molecule has 0 heterocycles. The molecule has 0 aliphatic carbocycles. The summed E-state index contributed by atoms with van der Waals surface area (Å²) in [6.45, 7) is 21.1. The number of aliphatic hydroxyl groups is 1. The van der Waals surface area contributed by atoms with E-state index in [0.717, 1.165) is 44.6 Å². The molecule has 0 unspecified atom stereocenters. The third kappa shape index (κ3) is 44.7. The Hall–Kier alpha value is -2.70. The van der Waals surface area contributed by atoms with E-state index in [1.807, 2.05) is 13.8 Å². The standard InChI is InChI=1S/C20H39NO6Si.C16H33NO3Si.C6H10O3.CH4/c1-18(2)19(22)26-15-16-27-20(23)21-14-12-10-8-6-7-9-11-13-17-28(5,24-3)25-4;1-4-19-21(3,20-5-2)15-13-11-9-7-6-8-10-12-14-17-16-18;1-5(2)6(8)9-4-3-7;/h1,6-17H2,2-5H3,(H,21,23);4-15H2,1-3H3;7H,1,3-4H2,2H3;1H4. The molecule has 0 aromatic rings. The lowest BCUT2D eigenvalue weighted by Gasteiger charge is -2.25. The molecule has 0 rings (SSSR count). The van der Waals surface area contributed by atoms with Gasteiger partial charge in [-0.1, -0.05) is 110 Å². The van der Waals surface area contributed by atoms with Crippen LogP contribution in [-0.2, 0) is 46.3 Å². The second kappa shape index (κ2) is 44.8. The van der Waals surface area contributed by atoms with Gasteiger partial charge in [0.1, 0.15) is 19.8 Å². The molecule has 0 saturated carbocycles. The lowest BCUT2D eigenvalue weighted by Crippen LogP contribution is -2.38. The zero-order chi connectivity index (χ0) is 44.3. The summed E-state index contributed by atoms with van der Waals surface area (Å²) in [4.78, 5) is 46.5. The lowest BCUT2D eigenvalue weighted by atomic mass is 10.1. The van der Waals surface area contributed by atoms with Crippen molar-refractivity contribution in [2.24, 2.45) is 4.99 Å². The van der Waals surface area contributed by atoms with Gasteiger partial charge < -0.3 is 42.3 Å². The van der Waals surface area contributed by atoms with Crippen LogP contribution in [0.1, 0.15) is 138 Å². The highest BCUT2D eigenvalue weighted by Crippen LogP contribution is 2.20. The second-order valence-corrected chi connectivity index (χ2v) is 21.2. The molecule has 1 amide bonds. The van der Waals surface area contributed by atoms with Crippen LogP contribution in [0.25, 0.3) is 0 Å². The molecule has 0 aromatic carbocycles. The summed E-state index contributed by atoms with van der Waals surface area (Å²) in [5.41, 5.74) is 0.676. The Morgan fingerprint density at radius 1 is 0.627 bits per heavy atom. The van der Waals surface area contributed by atoms with E-state index in [0.29, 0.717) is 24.2 Å². The van der Waals surface area contributed by atoms with Crippen molar-refractivity contribution in [2.75, 3.05) is 67.0 Å². The molecule has 14 nitrogen and oxygen atoms in total. The summed E-state index contributed by atoms with van der Waals surface area (Å²) in [5, 5.41) is 10.9. The normalized spacial score (nSPS) is 10.7. The first-order chi connectivity index (χ1) is 27.7. The summed E-state index contributed by atoms with van der Waals surface area (Å²) in [6, 6.07) is 2.16. The fourth-order valence-corrected chi connectivity index (χ4v) is 9.31. The van der Waals surface area contributed by atoms with Gasteiger partial charge in [0.2, 0.25) is 6.08 Å². The number of hydrogen-bond acceptors (Lipinski definition) is 13. The summed E-state index contributed by atoms with van der Waals surface area (Å²) in [6.07, 6.45) is 20.2. The molecule has 0 spiro atoms. The zero-order valence-corrected chi connectivity index (χ0v) is 39.7. The van der Waals surface area contributed by atoms with Crippen molar-refractivity contribution in [1.29, 1.82) is 0 Å². The van der Waals surface area contributed by atoms with Crippen LogP contribution in [0, 0.1) is 0 Å². The van der Waals surface area contributed by atoms with E-state index in [2.05, 4.69) is 41.3 Å². The number of rotatable bonds is 35. The maximum absolute atomic E-state index is 11.5. The number of hydrogen-bond donors (Lipinski definition) is 2. The van der Waals surface area contributed by atoms with Crippen LogP contribution >= 0.6 is 0 Å². The van der Waals surface area contributed by atoms with Crippen molar-refractivity contribution in [1.82, 2.24) is 5.32 Å². The molecule has 59 heavy (non-hydrogen) atoms.